The van der Waals surface area contributed by atoms with Gasteiger partial charge in [0.1, 0.15) is 5.82 Å². The second kappa shape index (κ2) is 3.17. The second-order valence-electron chi connectivity index (χ2n) is 2.08. The lowest BCUT2D eigenvalue weighted by Gasteiger charge is -2.00. The molecule has 64 valence electrons. The minimum absolute atomic E-state index is 0.328. The van der Waals surface area contributed by atoms with E-state index in [9.17, 15) is 9.18 Å². The zero-order valence-electron chi connectivity index (χ0n) is 6.34. The Kier molecular flexibility index (Phi) is 2.23. The van der Waals surface area contributed by atoms with Crippen molar-refractivity contribution in [3.63, 3.8) is 0 Å². The Bertz CT molecular complexity index is 314. The molecule has 2 N–H and O–H groups in total. The topological polar surface area (TPSA) is 62.2 Å². The van der Waals surface area contributed by atoms with E-state index >= 15 is 0 Å². The maximum absolute atomic E-state index is 12.7. The van der Waals surface area contributed by atoms with Crippen LogP contribution in [0.1, 0.15) is 10.5 Å². The fourth-order valence-electron chi connectivity index (χ4n) is 0.731. The molecule has 0 aliphatic carbocycles. The van der Waals surface area contributed by atoms with E-state index in [1.54, 1.807) is 7.05 Å². The number of carboxylic acids is 1. The van der Waals surface area contributed by atoms with Crippen LogP contribution in [-0.2, 0) is 0 Å². The molecule has 4 nitrogen and oxygen atoms in total. The Morgan fingerprint density at radius 3 is 2.83 bits per heavy atom. The summed E-state index contributed by atoms with van der Waals surface area (Å²) in [7, 11) is 1.58. The zero-order chi connectivity index (χ0) is 9.14. The van der Waals surface area contributed by atoms with Gasteiger partial charge in [0, 0.05) is 7.05 Å². The van der Waals surface area contributed by atoms with E-state index in [1.165, 1.54) is 6.07 Å². The predicted molar refractivity (Wildman–Crippen MR) is 40.7 cm³/mol. The van der Waals surface area contributed by atoms with Gasteiger partial charge in [0.15, 0.2) is 11.5 Å². The first-order valence-electron chi connectivity index (χ1n) is 3.22. The minimum atomic E-state index is -1.37. The third-order valence-corrected chi connectivity index (χ3v) is 1.30. The van der Waals surface area contributed by atoms with Crippen LogP contribution in [0.2, 0.25) is 0 Å². The van der Waals surface area contributed by atoms with E-state index in [1.807, 2.05) is 0 Å². The van der Waals surface area contributed by atoms with E-state index < -0.39 is 17.5 Å². The number of halogens is 1. The molecule has 1 rings (SSSR count). The fourth-order valence-corrected chi connectivity index (χ4v) is 0.731. The smallest absolute Gasteiger partial charge is 0.357 e. The summed E-state index contributed by atoms with van der Waals surface area (Å²) in [6.45, 7) is 0. The number of hydrogen-bond acceptors (Lipinski definition) is 3. The summed E-state index contributed by atoms with van der Waals surface area (Å²) < 4.78 is 12.7. The lowest BCUT2D eigenvalue weighted by atomic mass is 10.3. The van der Waals surface area contributed by atoms with Crippen LogP contribution in [0.15, 0.2) is 12.1 Å². The van der Waals surface area contributed by atoms with Crippen LogP contribution in [0, 0.1) is 5.82 Å². The maximum atomic E-state index is 12.7. The van der Waals surface area contributed by atoms with Crippen LogP contribution in [-0.4, -0.2) is 23.1 Å². The Morgan fingerprint density at radius 1 is 1.67 bits per heavy atom. The maximum Gasteiger partial charge on any atom is 0.357 e. The molecule has 0 fully saturated rings. The van der Waals surface area contributed by atoms with Crippen molar-refractivity contribution in [2.45, 2.75) is 0 Å². The Balaban J connectivity index is 3.17. The van der Waals surface area contributed by atoms with E-state index in [0.717, 1.165) is 6.07 Å². The Morgan fingerprint density at radius 2 is 2.33 bits per heavy atom. The van der Waals surface area contributed by atoms with E-state index in [0.29, 0.717) is 5.82 Å². The monoisotopic (exact) mass is 170 g/mol. The first-order valence-corrected chi connectivity index (χ1v) is 3.22. The molecule has 0 saturated heterocycles. The summed E-state index contributed by atoms with van der Waals surface area (Å²) in [6, 6.07) is 2.42. The number of anilines is 1. The molecule has 5 heteroatoms. The van der Waals surface area contributed by atoms with Crippen molar-refractivity contribution in [2.75, 3.05) is 12.4 Å². The van der Waals surface area contributed by atoms with Crippen LogP contribution < -0.4 is 5.32 Å². The highest BCUT2D eigenvalue weighted by molar-refractivity contribution is 5.86. The molecule has 0 aliphatic rings. The lowest BCUT2D eigenvalue weighted by Crippen LogP contribution is -2.06. The normalized spacial score (nSPS) is 9.50. The summed E-state index contributed by atoms with van der Waals surface area (Å²) >= 11 is 0. The zero-order valence-corrected chi connectivity index (χ0v) is 6.34. The predicted octanol–water partition coefficient (Wildman–Crippen LogP) is 0.961. The average molecular weight is 170 g/mol. The van der Waals surface area contributed by atoms with E-state index in [-0.39, 0.29) is 0 Å². The molecule has 0 radical (unpaired) electrons. The Labute approximate surface area is 68.1 Å². The van der Waals surface area contributed by atoms with Crippen LogP contribution >= 0.6 is 0 Å². The van der Waals surface area contributed by atoms with Crippen molar-refractivity contribution in [1.82, 2.24) is 4.98 Å². The van der Waals surface area contributed by atoms with Gasteiger partial charge in [-0.1, -0.05) is 0 Å². The third kappa shape index (κ3) is 1.50. The molecule has 0 saturated carbocycles. The summed E-state index contributed by atoms with van der Waals surface area (Å²) in [4.78, 5) is 13.9. The summed E-state index contributed by atoms with van der Waals surface area (Å²) in [5, 5.41) is 11.1. The summed E-state index contributed by atoms with van der Waals surface area (Å²) in [5.41, 5.74) is -0.568. The van der Waals surface area contributed by atoms with Gasteiger partial charge in [-0.25, -0.2) is 14.2 Å². The molecular formula is C7H7FN2O2. The molecule has 1 aromatic rings. The van der Waals surface area contributed by atoms with E-state index in [2.05, 4.69) is 10.3 Å². The molecule has 0 bridgehead atoms. The first-order chi connectivity index (χ1) is 5.65. The lowest BCUT2D eigenvalue weighted by molar-refractivity contribution is 0.0685. The van der Waals surface area contributed by atoms with E-state index in [4.69, 9.17) is 5.11 Å². The molecule has 0 aromatic carbocycles. The number of aromatic nitrogens is 1. The van der Waals surface area contributed by atoms with Gasteiger partial charge in [-0.2, -0.15) is 0 Å². The number of carbonyl (C=O) groups is 1. The average Bonchev–Trinajstić information content (AvgIpc) is 2.05. The number of pyridine rings is 1. The molecule has 1 aromatic heterocycles. The summed E-state index contributed by atoms with van der Waals surface area (Å²) in [6.07, 6.45) is 0. The first kappa shape index (κ1) is 8.45. The Hall–Kier alpha value is -1.65. The minimum Gasteiger partial charge on any atom is -0.476 e. The number of nitrogens with zero attached hydrogens (tertiary/aromatic N) is 1. The van der Waals surface area contributed by atoms with Gasteiger partial charge >= 0.3 is 5.97 Å². The van der Waals surface area contributed by atoms with Crippen molar-refractivity contribution in [3.8, 4) is 0 Å². The molecule has 12 heavy (non-hydrogen) atoms. The highest BCUT2D eigenvalue weighted by Crippen LogP contribution is 2.08. The molecule has 0 amide bonds. The van der Waals surface area contributed by atoms with Crippen molar-refractivity contribution in [1.29, 1.82) is 0 Å². The quantitative estimate of drug-likeness (QED) is 0.693. The number of nitrogens with one attached hydrogen (secondary N) is 1. The van der Waals surface area contributed by atoms with Crippen molar-refractivity contribution < 1.29 is 14.3 Å². The number of rotatable bonds is 2. The van der Waals surface area contributed by atoms with Gasteiger partial charge in [-0.3, -0.25) is 0 Å². The second-order valence-corrected chi connectivity index (χ2v) is 2.08. The SMILES string of the molecule is CNc1ccc(F)c(C(=O)O)n1. The van der Waals surface area contributed by atoms with Gasteiger partial charge in [0.05, 0.1) is 0 Å². The standard InChI is InChI=1S/C7H7FN2O2/c1-9-5-3-2-4(8)6(10-5)7(11)12/h2-3H,1H3,(H,9,10)(H,11,12). The van der Waals surface area contributed by atoms with Gasteiger partial charge in [0.2, 0.25) is 0 Å². The molecule has 0 spiro atoms. The van der Waals surface area contributed by atoms with Gasteiger partial charge in [-0.15, -0.1) is 0 Å². The highest BCUT2D eigenvalue weighted by atomic mass is 19.1. The molecule has 0 unspecified atom stereocenters. The largest absolute Gasteiger partial charge is 0.476 e. The number of hydrogen-bond donors (Lipinski definition) is 2. The number of aromatic carboxylic acids is 1. The van der Waals surface area contributed by atoms with Crippen molar-refractivity contribution in [2.24, 2.45) is 0 Å². The molecule has 0 atom stereocenters. The number of carboxylic acid groups (broad SMARTS) is 1. The van der Waals surface area contributed by atoms with Crippen molar-refractivity contribution >= 4 is 11.8 Å². The highest BCUT2D eigenvalue weighted by Gasteiger charge is 2.11. The van der Waals surface area contributed by atoms with Crippen LogP contribution in [0.4, 0.5) is 10.2 Å². The van der Waals surface area contributed by atoms with Crippen LogP contribution in [0.5, 0.6) is 0 Å². The van der Waals surface area contributed by atoms with Crippen LogP contribution in [0.25, 0.3) is 0 Å². The summed E-state index contributed by atoms with van der Waals surface area (Å²) in [5.74, 6) is -1.88. The van der Waals surface area contributed by atoms with Gasteiger partial charge < -0.3 is 10.4 Å². The van der Waals surface area contributed by atoms with Gasteiger partial charge in [0.25, 0.3) is 0 Å². The molecule has 1 heterocycles. The van der Waals surface area contributed by atoms with Crippen molar-refractivity contribution in [3.05, 3.63) is 23.6 Å². The third-order valence-electron chi connectivity index (χ3n) is 1.30. The molecule has 0 aliphatic heterocycles. The fraction of sp³-hybridized carbons (Fsp3) is 0.143. The van der Waals surface area contributed by atoms with Crippen LogP contribution in [0.3, 0.4) is 0 Å². The van der Waals surface area contributed by atoms with Gasteiger partial charge in [-0.05, 0) is 12.1 Å². The molecular weight excluding hydrogens is 163 g/mol.